The van der Waals surface area contributed by atoms with Crippen LogP contribution in [0, 0.1) is 10.1 Å². The second-order valence-corrected chi connectivity index (χ2v) is 6.96. The summed E-state index contributed by atoms with van der Waals surface area (Å²) < 4.78 is 18.1. The first-order valence-corrected chi connectivity index (χ1v) is 9.54. The number of methoxy groups -OCH3 is 1. The molecule has 1 saturated heterocycles. The summed E-state index contributed by atoms with van der Waals surface area (Å²) in [4.78, 5) is 25.9. The van der Waals surface area contributed by atoms with Crippen molar-refractivity contribution in [2.75, 3.05) is 20.3 Å². The molecule has 2 aromatic carbocycles. The molecule has 1 aliphatic heterocycles. The predicted molar refractivity (Wildman–Crippen MR) is 111 cm³/mol. The summed E-state index contributed by atoms with van der Waals surface area (Å²) in [6.07, 6.45) is 2.46. The van der Waals surface area contributed by atoms with Crippen LogP contribution in [0.2, 0.25) is 0 Å². The second kappa shape index (κ2) is 9.41. The number of amides is 1. The highest BCUT2D eigenvalue weighted by Crippen LogP contribution is 2.37. The fraction of sp³-hybridized carbons (Fsp3) is 0.318. The number of carbonyl (C=O) groups is 1. The minimum Gasteiger partial charge on any atom is -0.493 e. The summed E-state index contributed by atoms with van der Waals surface area (Å²) in [5.74, 6) is -0.113. The molecule has 8 heteroatoms. The molecule has 1 aliphatic rings. The molecule has 158 valence electrons. The molecule has 1 fully saturated rings. The number of allylic oxidation sites excluding steroid dienone is 1. The van der Waals surface area contributed by atoms with Gasteiger partial charge in [0.15, 0.2) is 11.5 Å². The van der Waals surface area contributed by atoms with Crippen LogP contribution in [0.25, 0.3) is 0 Å². The van der Waals surface area contributed by atoms with Crippen LogP contribution in [-0.2, 0) is 6.61 Å². The number of benzene rings is 2. The Morgan fingerprint density at radius 2 is 2.13 bits per heavy atom. The Bertz CT molecular complexity index is 979. The highest BCUT2D eigenvalue weighted by molar-refractivity contribution is 5.99. The van der Waals surface area contributed by atoms with Crippen molar-refractivity contribution < 1.29 is 24.3 Å². The van der Waals surface area contributed by atoms with Gasteiger partial charge >= 0.3 is 0 Å². The van der Waals surface area contributed by atoms with E-state index in [1.165, 1.54) is 24.1 Å². The first kappa shape index (κ1) is 19.9. The van der Waals surface area contributed by atoms with Crippen molar-refractivity contribution >= 4 is 11.6 Å². The number of rotatable bonds is 8. The van der Waals surface area contributed by atoms with E-state index in [4.69, 9.17) is 10.9 Å². The third-order valence-electron chi connectivity index (χ3n) is 5.12. The Labute approximate surface area is 176 Å². The fourth-order valence-electron chi connectivity index (χ4n) is 3.45. The molecule has 0 spiro atoms. The molecule has 0 aliphatic carbocycles. The lowest BCUT2D eigenvalue weighted by atomic mass is 10.1. The van der Waals surface area contributed by atoms with Crippen molar-refractivity contribution in [3.63, 3.8) is 0 Å². The van der Waals surface area contributed by atoms with Gasteiger partial charge in [-0.1, -0.05) is 42.0 Å². The number of nitro benzene ring substituents is 1. The van der Waals surface area contributed by atoms with Crippen molar-refractivity contribution in [3.8, 4) is 11.5 Å². The van der Waals surface area contributed by atoms with E-state index < -0.39 is 10.8 Å². The Morgan fingerprint density at radius 1 is 1.37 bits per heavy atom. The van der Waals surface area contributed by atoms with E-state index in [2.05, 4.69) is 5.11 Å². The topological polar surface area (TPSA) is 102 Å². The van der Waals surface area contributed by atoms with E-state index in [9.17, 15) is 14.9 Å². The van der Waals surface area contributed by atoms with Crippen LogP contribution in [0.4, 0.5) is 5.69 Å². The minimum atomic E-state index is -0.606. The summed E-state index contributed by atoms with van der Waals surface area (Å²) >= 11 is 0. The van der Waals surface area contributed by atoms with E-state index in [1.54, 1.807) is 0 Å². The van der Waals surface area contributed by atoms with Gasteiger partial charge in [-0.15, -0.1) is 0 Å². The van der Waals surface area contributed by atoms with Crippen LogP contribution in [0.1, 0.15) is 29.3 Å². The Kier molecular flexibility index (Phi) is 6.24. The highest BCUT2D eigenvalue weighted by atomic mass is 16.6. The quantitative estimate of drug-likeness (QED) is 0.404. The molecule has 1 N–H and O–H groups in total. The number of nitro groups is 1. The van der Waals surface area contributed by atoms with Crippen molar-refractivity contribution in [1.29, 1.82) is 1.43 Å². The molecular weight excluding hydrogens is 388 g/mol. The summed E-state index contributed by atoms with van der Waals surface area (Å²) in [5, 5.41) is 16.3. The van der Waals surface area contributed by atoms with Gasteiger partial charge in [0.05, 0.1) is 30.7 Å². The first-order chi connectivity index (χ1) is 15.0. The van der Waals surface area contributed by atoms with Crippen LogP contribution in [-0.4, -0.2) is 48.6 Å². The lowest BCUT2D eigenvalue weighted by Crippen LogP contribution is -2.38. The molecule has 2 aromatic rings. The van der Waals surface area contributed by atoms with Gasteiger partial charge in [-0.2, -0.15) is 0 Å². The number of hydrogen-bond donors (Lipinski definition) is 1. The average Bonchev–Trinajstić information content (AvgIpc) is 3.20. The molecule has 0 aromatic heterocycles. The Balaban J connectivity index is 1.94. The van der Waals surface area contributed by atoms with Gasteiger partial charge in [0.2, 0.25) is 1.43 Å². The molecule has 0 bridgehead atoms. The molecule has 3 rings (SSSR count). The van der Waals surface area contributed by atoms with Crippen LogP contribution in [0.15, 0.2) is 54.1 Å². The van der Waals surface area contributed by atoms with Gasteiger partial charge in [0.25, 0.3) is 11.6 Å². The lowest BCUT2D eigenvalue weighted by molar-refractivity contribution is -0.385. The van der Waals surface area contributed by atoms with E-state index in [0.717, 1.165) is 11.1 Å². The lowest BCUT2D eigenvalue weighted by Gasteiger charge is -2.23. The number of nitrogens with zero attached hydrogens (tertiary/aromatic N) is 2. The normalized spacial score (nSPS) is 17.7. The van der Waals surface area contributed by atoms with E-state index in [-0.39, 0.29) is 42.0 Å². The molecule has 0 unspecified atom stereocenters. The zero-order valence-electron chi connectivity index (χ0n) is 17.9. The average molecular weight is 414 g/mol. The summed E-state index contributed by atoms with van der Waals surface area (Å²) in [6.45, 7) is 2.41. The molecular formula is C22H24N2O6. The summed E-state index contributed by atoms with van der Waals surface area (Å²) in [7, 11) is 1.41. The molecule has 1 atom stereocenters. The van der Waals surface area contributed by atoms with Gasteiger partial charge in [-0.05, 0) is 18.9 Å². The van der Waals surface area contributed by atoms with E-state index in [0.29, 0.717) is 13.0 Å². The number of ether oxygens (including phenoxy) is 2. The zero-order valence-corrected chi connectivity index (χ0v) is 16.9. The first-order valence-electron chi connectivity index (χ1n) is 9.95. The van der Waals surface area contributed by atoms with E-state index >= 15 is 0 Å². The number of aliphatic hydroxyl groups is 1. The molecule has 0 radical (unpaired) electrons. The van der Waals surface area contributed by atoms with Crippen LogP contribution < -0.4 is 9.47 Å². The smallest absolute Gasteiger partial charge is 0.286 e. The minimum absolute atomic E-state index is 0.0201. The van der Waals surface area contributed by atoms with Gasteiger partial charge in [-0.3, -0.25) is 14.9 Å². The largest absolute Gasteiger partial charge is 0.493 e. The monoisotopic (exact) mass is 414 g/mol. The Morgan fingerprint density at radius 3 is 2.77 bits per heavy atom. The van der Waals surface area contributed by atoms with Crippen molar-refractivity contribution in [1.82, 2.24) is 4.90 Å². The molecule has 8 nitrogen and oxygen atoms in total. The van der Waals surface area contributed by atoms with Crippen LogP contribution >= 0.6 is 0 Å². The van der Waals surface area contributed by atoms with Gasteiger partial charge in [-0.25, -0.2) is 0 Å². The highest BCUT2D eigenvalue weighted by Gasteiger charge is 2.35. The number of hydrogen-bond acceptors (Lipinski definition) is 6. The van der Waals surface area contributed by atoms with Gasteiger partial charge < -0.3 is 19.5 Å². The SMILES string of the molecule is [3H]OC[C@@H]1C/C(=C/C)CN1C(=O)c1cc(OC)c(OCc2ccccc2)cc1[N+](=O)[O-]. The Hall–Kier alpha value is -3.39. The van der Waals surface area contributed by atoms with Crippen LogP contribution in [0.3, 0.4) is 0 Å². The maximum Gasteiger partial charge on any atom is 0.286 e. The molecule has 0 saturated carbocycles. The number of likely N-dealkylation sites (tertiary alicyclic amines) is 1. The third-order valence-corrected chi connectivity index (χ3v) is 5.12. The molecule has 30 heavy (non-hydrogen) atoms. The van der Waals surface area contributed by atoms with Crippen molar-refractivity contribution in [3.05, 3.63) is 75.4 Å². The number of aliphatic hydroxyl groups excluding tert-OH is 1. The van der Waals surface area contributed by atoms with Crippen molar-refractivity contribution in [2.24, 2.45) is 0 Å². The predicted octanol–water partition coefficient (Wildman–Crippen LogP) is 3.34. The van der Waals surface area contributed by atoms with Crippen LogP contribution in [0.5, 0.6) is 11.5 Å². The summed E-state index contributed by atoms with van der Waals surface area (Å²) in [5.41, 5.74) is 1.43. The summed E-state index contributed by atoms with van der Waals surface area (Å²) in [6, 6.07) is 11.6. The maximum absolute atomic E-state index is 13.3. The van der Waals surface area contributed by atoms with Crippen molar-refractivity contribution in [2.45, 2.75) is 26.0 Å². The molecule has 1 amide bonds. The zero-order chi connectivity index (χ0) is 22.4. The van der Waals surface area contributed by atoms with Gasteiger partial charge in [0.1, 0.15) is 12.2 Å². The molecule has 1 heterocycles. The standard InChI is InChI=1S/C22H24N2O6/c1-3-15-9-17(13-25)23(12-15)22(26)18-10-20(29-2)21(11-19(18)24(27)28)30-14-16-7-5-4-6-8-16/h3-8,10-11,17,25H,9,12-14H2,1-2H3/b15-3-/t17-/m0/s1/i25T. The second-order valence-electron chi connectivity index (χ2n) is 6.96. The van der Waals surface area contributed by atoms with Gasteiger partial charge in [0, 0.05) is 12.6 Å². The number of carbonyl (C=O) groups excluding carboxylic acids is 1. The van der Waals surface area contributed by atoms with E-state index in [1.807, 2.05) is 43.3 Å². The fourth-order valence-corrected chi connectivity index (χ4v) is 3.45. The maximum atomic E-state index is 13.3. The third kappa shape index (κ3) is 4.44.